The predicted octanol–water partition coefficient (Wildman–Crippen LogP) is 4.96. The summed E-state index contributed by atoms with van der Waals surface area (Å²) >= 11 is 0. The molecule has 7 heteroatoms. The molecule has 2 rings (SSSR count). The Bertz CT molecular complexity index is 633. The van der Waals surface area contributed by atoms with Gasteiger partial charge in [0.25, 0.3) is 0 Å². The topological polar surface area (TPSA) is 67.2 Å². The molecular weight excluding hydrogens is 284 g/mol. The summed E-state index contributed by atoms with van der Waals surface area (Å²) in [6.07, 6.45) is 0. The van der Waals surface area contributed by atoms with E-state index in [1.54, 1.807) is 31.2 Å². The van der Waals surface area contributed by atoms with Crippen molar-refractivity contribution in [3.63, 3.8) is 0 Å². The summed E-state index contributed by atoms with van der Waals surface area (Å²) < 4.78 is 26.1. The third kappa shape index (κ3) is 3.02. The second-order valence-electron chi connectivity index (χ2n) is 6.30. The number of hydrogen-bond acceptors (Lipinski definition) is 3. The normalized spacial score (nSPS) is 20.4. The van der Waals surface area contributed by atoms with Gasteiger partial charge in [0.05, 0.1) is 11.2 Å². The Morgan fingerprint density at radius 3 is 2.09 bits per heavy atom. The second kappa shape index (κ2) is 5.76. The molecule has 0 atom stereocenters. The standard InChI is InChI=1S/C15H19BFN3O2/c1-10(11-6-8-12(9-7-11)19-20-18)13(17)16-21-14(2,3)15(4,5)22-16/h6-9H,1-5H3. The molecule has 1 fully saturated rings. The predicted molar refractivity (Wildman–Crippen MR) is 85.0 cm³/mol. The molecule has 1 aromatic rings. The zero-order chi connectivity index (χ0) is 16.5. The third-order valence-electron chi connectivity index (χ3n) is 4.28. The molecule has 116 valence electrons. The molecule has 1 heterocycles. The Kier molecular flexibility index (Phi) is 4.33. The zero-order valence-corrected chi connectivity index (χ0v) is 13.4. The first-order valence-electron chi connectivity index (χ1n) is 7.05. The summed E-state index contributed by atoms with van der Waals surface area (Å²) in [7, 11) is -1.01. The Morgan fingerprint density at radius 1 is 1.14 bits per heavy atom. The van der Waals surface area contributed by atoms with Crippen molar-refractivity contribution in [2.45, 2.75) is 45.8 Å². The maximum atomic E-state index is 14.7. The van der Waals surface area contributed by atoms with Crippen LogP contribution in [0.5, 0.6) is 0 Å². The Hall–Kier alpha value is -1.82. The van der Waals surface area contributed by atoms with Crippen LogP contribution >= 0.6 is 0 Å². The van der Waals surface area contributed by atoms with E-state index in [0.29, 0.717) is 16.8 Å². The maximum Gasteiger partial charge on any atom is 0.525 e. The molecule has 22 heavy (non-hydrogen) atoms. The average Bonchev–Trinajstić information content (AvgIpc) is 2.67. The molecule has 1 aromatic carbocycles. The SMILES string of the molecule is CC(=C(F)B1OC(C)(C)C(C)(C)O1)c1ccc(N=[N+]=[N-])cc1. The van der Waals surface area contributed by atoms with Gasteiger partial charge in [0.1, 0.15) is 5.73 Å². The highest BCUT2D eigenvalue weighted by Crippen LogP contribution is 2.40. The molecule has 1 saturated heterocycles. The van der Waals surface area contributed by atoms with E-state index < -0.39 is 24.0 Å². The first kappa shape index (κ1) is 16.6. The summed E-state index contributed by atoms with van der Waals surface area (Å²) in [5.41, 5.74) is 8.37. The molecule has 0 N–H and O–H groups in total. The van der Waals surface area contributed by atoms with Gasteiger partial charge in [0.15, 0.2) is 0 Å². The molecule has 5 nitrogen and oxygen atoms in total. The third-order valence-corrected chi connectivity index (χ3v) is 4.28. The summed E-state index contributed by atoms with van der Waals surface area (Å²) in [4.78, 5) is 2.71. The van der Waals surface area contributed by atoms with Crippen molar-refractivity contribution >= 4 is 18.4 Å². The number of halogens is 1. The van der Waals surface area contributed by atoms with Gasteiger partial charge in [0, 0.05) is 10.6 Å². The number of nitrogens with zero attached hydrogens (tertiary/aromatic N) is 3. The van der Waals surface area contributed by atoms with Gasteiger partial charge in [-0.05, 0) is 51.3 Å². The minimum Gasteiger partial charge on any atom is -0.398 e. The number of benzene rings is 1. The Balaban J connectivity index is 2.28. The fraction of sp³-hybridized carbons (Fsp3) is 0.467. The van der Waals surface area contributed by atoms with Crippen LogP contribution in [0.1, 0.15) is 40.2 Å². The summed E-state index contributed by atoms with van der Waals surface area (Å²) in [5, 5.41) is 3.49. The molecule has 0 unspecified atom stereocenters. The Labute approximate surface area is 129 Å². The van der Waals surface area contributed by atoms with Gasteiger partial charge >= 0.3 is 7.12 Å². The number of rotatable bonds is 3. The molecule has 0 saturated carbocycles. The van der Waals surface area contributed by atoms with Crippen LogP contribution in [-0.2, 0) is 9.31 Å². The van der Waals surface area contributed by atoms with Crippen LogP contribution in [0.25, 0.3) is 16.0 Å². The first-order valence-corrected chi connectivity index (χ1v) is 7.05. The zero-order valence-electron chi connectivity index (χ0n) is 13.4. The lowest BCUT2D eigenvalue weighted by Gasteiger charge is -2.32. The van der Waals surface area contributed by atoms with E-state index in [4.69, 9.17) is 14.8 Å². The molecule has 0 amide bonds. The maximum absolute atomic E-state index is 14.7. The number of allylic oxidation sites excluding steroid dienone is 1. The van der Waals surface area contributed by atoms with Gasteiger partial charge < -0.3 is 9.31 Å². The molecular formula is C15H19BFN3O2. The quantitative estimate of drug-likeness (QED) is 0.343. The van der Waals surface area contributed by atoms with Gasteiger partial charge in [0.2, 0.25) is 0 Å². The highest BCUT2D eigenvalue weighted by Gasteiger charge is 2.53. The van der Waals surface area contributed by atoms with Crippen molar-refractivity contribution in [1.29, 1.82) is 0 Å². The summed E-state index contributed by atoms with van der Waals surface area (Å²) in [6, 6.07) is 6.67. The van der Waals surface area contributed by atoms with Crippen LogP contribution in [0.3, 0.4) is 0 Å². The fourth-order valence-corrected chi connectivity index (χ4v) is 2.09. The molecule has 0 bridgehead atoms. The van der Waals surface area contributed by atoms with Gasteiger partial charge in [-0.3, -0.25) is 0 Å². The smallest absolute Gasteiger partial charge is 0.398 e. The first-order chi connectivity index (χ1) is 10.2. The van der Waals surface area contributed by atoms with E-state index in [0.717, 1.165) is 0 Å². The van der Waals surface area contributed by atoms with E-state index in [1.807, 2.05) is 27.7 Å². The summed E-state index contributed by atoms with van der Waals surface area (Å²) in [6.45, 7) is 9.19. The molecule has 0 radical (unpaired) electrons. The summed E-state index contributed by atoms with van der Waals surface area (Å²) in [5.74, 6) is 0. The second-order valence-corrected chi connectivity index (χ2v) is 6.30. The van der Waals surface area contributed by atoms with E-state index in [1.165, 1.54) is 0 Å². The number of hydrogen-bond donors (Lipinski definition) is 0. The lowest BCUT2D eigenvalue weighted by molar-refractivity contribution is 0.00578. The average molecular weight is 303 g/mol. The van der Waals surface area contributed by atoms with Crippen LogP contribution < -0.4 is 0 Å². The van der Waals surface area contributed by atoms with E-state index in [-0.39, 0.29) is 0 Å². The van der Waals surface area contributed by atoms with Gasteiger partial charge in [-0.25, -0.2) is 4.39 Å². The van der Waals surface area contributed by atoms with Crippen LogP contribution in [0.2, 0.25) is 0 Å². The van der Waals surface area contributed by atoms with Crippen molar-refractivity contribution in [3.05, 3.63) is 46.0 Å². The molecule has 1 aliphatic rings. The number of azide groups is 1. The molecule has 0 aliphatic carbocycles. The van der Waals surface area contributed by atoms with Crippen molar-refractivity contribution in [2.24, 2.45) is 5.11 Å². The van der Waals surface area contributed by atoms with E-state index in [2.05, 4.69) is 10.0 Å². The van der Waals surface area contributed by atoms with Gasteiger partial charge in [-0.2, -0.15) is 0 Å². The van der Waals surface area contributed by atoms with E-state index in [9.17, 15) is 4.39 Å². The lowest BCUT2D eigenvalue weighted by atomic mass is 9.83. The lowest BCUT2D eigenvalue weighted by Crippen LogP contribution is -2.41. The van der Waals surface area contributed by atoms with Crippen molar-refractivity contribution in [2.75, 3.05) is 0 Å². The molecule has 0 spiro atoms. The Morgan fingerprint density at radius 2 is 1.64 bits per heavy atom. The van der Waals surface area contributed by atoms with Crippen LogP contribution in [-0.4, -0.2) is 18.3 Å². The van der Waals surface area contributed by atoms with Crippen molar-refractivity contribution < 1.29 is 13.7 Å². The van der Waals surface area contributed by atoms with Crippen LogP contribution in [0.4, 0.5) is 10.1 Å². The molecule has 0 aromatic heterocycles. The monoisotopic (exact) mass is 303 g/mol. The largest absolute Gasteiger partial charge is 0.525 e. The minimum absolute atomic E-state index is 0.436. The van der Waals surface area contributed by atoms with Crippen LogP contribution in [0.15, 0.2) is 35.1 Å². The van der Waals surface area contributed by atoms with Crippen LogP contribution in [0, 0.1) is 0 Å². The van der Waals surface area contributed by atoms with Gasteiger partial charge in [-0.1, -0.05) is 29.4 Å². The highest BCUT2D eigenvalue weighted by molar-refractivity contribution is 6.55. The minimum atomic E-state index is -1.01. The van der Waals surface area contributed by atoms with Crippen molar-refractivity contribution in [3.8, 4) is 0 Å². The van der Waals surface area contributed by atoms with Gasteiger partial charge in [-0.15, -0.1) is 0 Å². The molecule has 1 aliphatic heterocycles. The van der Waals surface area contributed by atoms with E-state index >= 15 is 0 Å². The highest BCUT2D eigenvalue weighted by atomic mass is 19.1. The fourth-order valence-electron chi connectivity index (χ4n) is 2.09. The van der Waals surface area contributed by atoms with Crippen molar-refractivity contribution in [1.82, 2.24) is 0 Å².